The van der Waals surface area contributed by atoms with E-state index < -0.39 is 0 Å². The molecule has 9 nitrogen and oxygen atoms in total. The average molecular weight is 468 g/mol. The Hall–Kier alpha value is -3.17. The number of hydrogen-bond donors (Lipinski definition) is 2. The van der Waals surface area contributed by atoms with Crippen molar-refractivity contribution in [3.8, 4) is 11.5 Å². The summed E-state index contributed by atoms with van der Waals surface area (Å²) in [6.45, 7) is 7.07. The first-order valence-corrected chi connectivity index (χ1v) is 11.9. The highest BCUT2D eigenvalue weighted by molar-refractivity contribution is 5.83. The molecule has 0 aliphatic carbocycles. The molecule has 2 aromatic rings. The van der Waals surface area contributed by atoms with E-state index in [9.17, 15) is 9.59 Å². The van der Waals surface area contributed by atoms with Crippen molar-refractivity contribution in [2.24, 2.45) is 0 Å². The molecule has 0 radical (unpaired) electrons. The third-order valence-corrected chi connectivity index (χ3v) is 6.20. The lowest BCUT2D eigenvalue weighted by Crippen LogP contribution is -2.54. The molecule has 182 valence electrons. The van der Waals surface area contributed by atoms with Crippen molar-refractivity contribution in [1.29, 1.82) is 0 Å². The lowest BCUT2D eigenvalue weighted by molar-refractivity contribution is -0.140. The maximum Gasteiger partial charge on any atom is 0.241 e. The lowest BCUT2D eigenvalue weighted by Gasteiger charge is -2.36. The van der Waals surface area contributed by atoms with Crippen LogP contribution in [-0.2, 0) is 16.0 Å². The van der Waals surface area contributed by atoms with Gasteiger partial charge < -0.3 is 19.3 Å². The number of carbonyl (C=O) groups is 2. The number of hydrazine groups is 1. The monoisotopic (exact) mass is 467 g/mol. The van der Waals surface area contributed by atoms with Gasteiger partial charge >= 0.3 is 0 Å². The van der Waals surface area contributed by atoms with Crippen LogP contribution in [0.15, 0.2) is 42.7 Å². The third-order valence-electron chi connectivity index (χ3n) is 6.20. The largest absolute Gasteiger partial charge is 0.490 e. The summed E-state index contributed by atoms with van der Waals surface area (Å²) in [4.78, 5) is 33.7. The number of carbonyl (C=O) groups excluding carboxylic acids is 2. The number of amides is 2. The standard InChI is InChI=1S/C25H33N5O4/c1-3-33-22-8-7-18(14-23(22)34-4-2)15-24(31)29-10-12-30(13-11-29)25(32)21-16-20(27-28-21)19-6-5-9-26-17-19/h5-9,14,17,20-21,27-28H,3-4,10-13,15-16H2,1-2H3. The van der Waals surface area contributed by atoms with Crippen molar-refractivity contribution in [3.05, 3.63) is 53.9 Å². The van der Waals surface area contributed by atoms with Gasteiger partial charge in [-0.2, -0.15) is 0 Å². The van der Waals surface area contributed by atoms with Crippen LogP contribution in [0.4, 0.5) is 0 Å². The number of benzene rings is 1. The molecule has 0 spiro atoms. The highest BCUT2D eigenvalue weighted by atomic mass is 16.5. The summed E-state index contributed by atoms with van der Waals surface area (Å²) in [5, 5.41) is 0. The summed E-state index contributed by atoms with van der Waals surface area (Å²) in [5.74, 6) is 1.47. The minimum atomic E-state index is -0.284. The van der Waals surface area contributed by atoms with Gasteiger partial charge in [-0.15, -0.1) is 0 Å². The molecule has 34 heavy (non-hydrogen) atoms. The molecule has 2 aliphatic rings. The zero-order valence-electron chi connectivity index (χ0n) is 19.8. The number of nitrogens with one attached hydrogen (secondary N) is 2. The van der Waals surface area contributed by atoms with E-state index in [-0.39, 0.29) is 23.9 Å². The first-order chi connectivity index (χ1) is 16.6. The van der Waals surface area contributed by atoms with E-state index in [1.165, 1.54) is 0 Å². The van der Waals surface area contributed by atoms with Crippen molar-refractivity contribution in [2.45, 2.75) is 38.8 Å². The van der Waals surface area contributed by atoms with Gasteiger partial charge in [-0.05, 0) is 49.6 Å². The lowest BCUT2D eigenvalue weighted by atomic mass is 10.0. The summed E-state index contributed by atoms with van der Waals surface area (Å²) in [6.07, 6.45) is 4.52. The van der Waals surface area contributed by atoms with Gasteiger partial charge in [0, 0.05) is 44.6 Å². The quantitative estimate of drug-likeness (QED) is 0.610. The van der Waals surface area contributed by atoms with Crippen LogP contribution >= 0.6 is 0 Å². The van der Waals surface area contributed by atoms with Crippen LogP contribution in [0.2, 0.25) is 0 Å². The van der Waals surface area contributed by atoms with Crippen molar-refractivity contribution >= 4 is 11.8 Å². The van der Waals surface area contributed by atoms with Crippen LogP contribution < -0.4 is 20.3 Å². The fourth-order valence-corrected chi connectivity index (χ4v) is 4.41. The van der Waals surface area contributed by atoms with E-state index >= 15 is 0 Å². The van der Waals surface area contributed by atoms with Crippen LogP contribution in [0.1, 0.15) is 37.4 Å². The molecule has 9 heteroatoms. The normalized spacial score (nSPS) is 20.3. The molecule has 4 rings (SSSR count). The average Bonchev–Trinajstić information content (AvgIpc) is 3.36. The number of piperazine rings is 1. The summed E-state index contributed by atoms with van der Waals surface area (Å²) in [5.41, 5.74) is 8.27. The Morgan fingerprint density at radius 3 is 2.44 bits per heavy atom. The molecule has 2 fully saturated rings. The summed E-state index contributed by atoms with van der Waals surface area (Å²) in [7, 11) is 0. The third kappa shape index (κ3) is 5.66. The second-order valence-electron chi connectivity index (χ2n) is 8.45. The summed E-state index contributed by atoms with van der Waals surface area (Å²) in [6, 6.07) is 9.31. The van der Waals surface area contributed by atoms with Crippen molar-refractivity contribution in [1.82, 2.24) is 25.6 Å². The molecule has 0 bridgehead atoms. The second kappa shape index (κ2) is 11.3. The zero-order chi connectivity index (χ0) is 23.9. The van der Waals surface area contributed by atoms with E-state index in [0.29, 0.717) is 63.7 Å². The van der Waals surface area contributed by atoms with Crippen LogP contribution in [0.3, 0.4) is 0 Å². The first-order valence-electron chi connectivity index (χ1n) is 11.9. The van der Waals surface area contributed by atoms with Crippen LogP contribution in [0, 0.1) is 0 Å². The van der Waals surface area contributed by atoms with Gasteiger partial charge in [-0.25, -0.2) is 10.9 Å². The Bertz CT molecular complexity index is 979. The number of pyridine rings is 1. The maximum absolute atomic E-state index is 13.0. The Kier molecular flexibility index (Phi) is 7.97. The van der Waals surface area contributed by atoms with Gasteiger partial charge in [0.15, 0.2) is 11.5 Å². The molecule has 2 unspecified atom stereocenters. The Morgan fingerprint density at radius 2 is 1.74 bits per heavy atom. The Labute approximate surface area is 200 Å². The molecule has 2 aliphatic heterocycles. The molecule has 2 atom stereocenters. The number of nitrogens with zero attached hydrogens (tertiary/aromatic N) is 3. The molecule has 1 aromatic carbocycles. The molecular weight excluding hydrogens is 434 g/mol. The number of aromatic nitrogens is 1. The van der Waals surface area contributed by atoms with Gasteiger partial charge in [0.2, 0.25) is 11.8 Å². The van der Waals surface area contributed by atoms with Gasteiger partial charge in [-0.1, -0.05) is 12.1 Å². The highest BCUT2D eigenvalue weighted by Crippen LogP contribution is 2.29. The maximum atomic E-state index is 13.0. The van der Waals surface area contributed by atoms with Gasteiger partial charge in [0.1, 0.15) is 6.04 Å². The van der Waals surface area contributed by atoms with E-state index in [4.69, 9.17) is 9.47 Å². The minimum Gasteiger partial charge on any atom is -0.490 e. The van der Waals surface area contributed by atoms with Gasteiger partial charge in [0.05, 0.1) is 19.6 Å². The molecule has 2 amide bonds. The molecule has 2 N–H and O–H groups in total. The van der Waals surface area contributed by atoms with E-state index in [1.54, 1.807) is 6.20 Å². The van der Waals surface area contributed by atoms with Crippen molar-refractivity contribution in [2.75, 3.05) is 39.4 Å². The van der Waals surface area contributed by atoms with Gasteiger partial charge in [-0.3, -0.25) is 14.6 Å². The fourth-order valence-electron chi connectivity index (χ4n) is 4.41. The zero-order valence-corrected chi connectivity index (χ0v) is 19.8. The van der Waals surface area contributed by atoms with Crippen molar-refractivity contribution in [3.63, 3.8) is 0 Å². The number of hydrogen-bond acceptors (Lipinski definition) is 7. The summed E-state index contributed by atoms with van der Waals surface area (Å²) >= 11 is 0. The molecule has 2 saturated heterocycles. The molecule has 0 saturated carbocycles. The predicted molar refractivity (Wildman–Crippen MR) is 127 cm³/mol. The molecule has 3 heterocycles. The number of rotatable bonds is 8. The predicted octanol–water partition coefficient (Wildman–Crippen LogP) is 1.70. The highest BCUT2D eigenvalue weighted by Gasteiger charge is 2.34. The van der Waals surface area contributed by atoms with E-state index in [1.807, 2.05) is 60.2 Å². The molecule has 1 aromatic heterocycles. The topological polar surface area (TPSA) is 96.0 Å². The van der Waals surface area contributed by atoms with Crippen LogP contribution in [0.5, 0.6) is 11.5 Å². The Morgan fingerprint density at radius 1 is 1.00 bits per heavy atom. The smallest absolute Gasteiger partial charge is 0.241 e. The van der Waals surface area contributed by atoms with E-state index in [0.717, 1.165) is 11.1 Å². The Balaban J connectivity index is 1.28. The number of ether oxygens (including phenoxy) is 2. The van der Waals surface area contributed by atoms with Gasteiger partial charge in [0.25, 0.3) is 0 Å². The van der Waals surface area contributed by atoms with E-state index in [2.05, 4.69) is 15.8 Å². The minimum absolute atomic E-state index is 0.0519. The summed E-state index contributed by atoms with van der Waals surface area (Å²) < 4.78 is 11.3. The van der Waals surface area contributed by atoms with Crippen LogP contribution in [0.25, 0.3) is 0 Å². The first kappa shape index (κ1) is 24.0. The molecular formula is C25H33N5O4. The second-order valence-corrected chi connectivity index (χ2v) is 8.45. The van der Waals surface area contributed by atoms with Crippen molar-refractivity contribution < 1.29 is 19.1 Å². The van der Waals surface area contributed by atoms with Crippen LogP contribution in [-0.4, -0.2) is 72.0 Å². The SMILES string of the molecule is CCOc1ccc(CC(=O)N2CCN(C(=O)C3CC(c4cccnc4)NN3)CC2)cc1OCC. The fraction of sp³-hybridized carbons (Fsp3) is 0.480.